The Hall–Kier alpha value is -1.05. The third-order valence-electron chi connectivity index (χ3n) is 3.26. The molecule has 0 bridgehead atoms. The van der Waals surface area contributed by atoms with Gasteiger partial charge in [0.15, 0.2) is 15.0 Å². The number of amidine groups is 1. The number of sulfone groups is 1. The van der Waals surface area contributed by atoms with Crippen LogP contribution < -0.4 is 0 Å². The average Bonchev–Trinajstić information content (AvgIpc) is 2.80. The Labute approximate surface area is 126 Å². The van der Waals surface area contributed by atoms with Crippen molar-refractivity contribution in [2.45, 2.75) is 11.3 Å². The lowest BCUT2D eigenvalue weighted by atomic mass is 10.2. The van der Waals surface area contributed by atoms with E-state index in [1.807, 2.05) is 12.1 Å². The van der Waals surface area contributed by atoms with Crippen LogP contribution in [0.3, 0.4) is 0 Å². The molecule has 0 radical (unpaired) electrons. The molecule has 2 aliphatic rings. The first-order valence-corrected chi connectivity index (χ1v) is 9.07. The summed E-state index contributed by atoms with van der Waals surface area (Å²) in [7, 11) is -3.00. The maximum atomic E-state index is 11.6. The molecule has 2 saturated heterocycles. The summed E-state index contributed by atoms with van der Waals surface area (Å²) in [6.07, 6.45) is 1.62. The summed E-state index contributed by atoms with van der Waals surface area (Å²) in [5.41, 5.74) is 0.858. The summed E-state index contributed by atoms with van der Waals surface area (Å²) in [5.74, 6) is 0.211. The molecule has 20 heavy (non-hydrogen) atoms. The fourth-order valence-electron chi connectivity index (χ4n) is 2.30. The first-order chi connectivity index (χ1) is 9.44. The van der Waals surface area contributed by atoms with Crippen LogP contribution in [0.5, 0.6) is 0 Å². The van der Waals surface area contributed by atoms with Crippen molar-refractivity contribution in [3.8, 4) is 0 Å². The third-order valence-corrected chi connectivity index (χ3v) is 6.63. The number of halogens is 1. The summed E-state index contributed by atoms with van der Waals surface area (Å²) >= 11 is 7.09. The van der Waals surface area contributed by atoms with Crippen LogP contribution in [0.25, 0.3) is 0 Å². The van der Waals surface area contributed by atoms with Crippen molar-refractivity contribution in [2.75, 3.05) is 11.5 Å². The highest BCUT2D eigenvalue weighted by atomic mass is 35.5. The molecule has 106 valence electrons. The van der Waals surface area contributed by atoms with Crippen LogP contribution in [0.2, 0.25) is 5.02 Å². The minimum atomic E-state index is -3.00. The molecule has 8 heteroatoms. The van der Waals surface area contributed by atoms with E-state index < -0.39 is 9.84 Å². The molecule has 0 unspecified atom stereocenters. The molecule has 2 atom stereocenters. The van der Waals surface area contributed by atoms with E-state index in [1.54, 1.807) is 18.3 Å². The lowest BCUT2D eigenvalue weighted by Gasteiger charge is -2.17. The summed E-state index contributed by atoms with van der Waals surface area (Å²) in [4.78, 5) is 0. The van der Waals surface area contributed by atoms with Crippen molar-refractivity contribution >= 4 is 44.6 Å². The molecule has 1 aromatic rings. The normalized spacial score (nSPS) is 28.2. The highest BCUT2D eigenvalue weighted by Crippen LogP contribution is 2.37. The van der Waals surface area contributed by atoms with Crippen LogP contribution in [-0.2, 0) is 9.84 Å². The first kappa shape index (κ1) is 13.9. The van der Waals surface area contributed by atoms with Crippen molar-refractivity contribution in [1.29, 1.82) is 5.41 Å². The highest BCUT2D eigenvalue weighted by Gasteiger charge is 2.48. The second-order valence-corrected chi connectivity index (χ2v) is 8.56. The van der Waals surface area contributed by atoms with Gasteiger partial charge in [0.2, 0.25) is 0 Å². The zero-order valence-corrected chi connectivity index (χ0v) is 12.7. The molecular formula is C12H12ClN3O2S2. The number of benzene rings is 1. The molecule has 0 spiro atoms. The maximum absolute atomic E-state index is 11.6. The summed E-state index contributed by atoms with van der Waals surface area (Å²) < 4.78 is 23.3. The Morgan fingerprint density at radius 2 is 2.05 bits per heavy atom. The molecule has 0 amide bonds. The van der Waals surface area contributed by atoms with E-state index in [1.165, 1.54) is 16.8 Å². The molecule has 1 N–H and O–H groups in total. The van der Waals surface area contributed by atoms with Crippen molar-refractivity contribution in [3.63, 3.8) is 0 Å². The summed E-state index contributed by atoms with van der Waals surface area (Å²) in [5, 5.41) is 14.5. The van der Waals surface area contributed by atoms with Gasteiger partial charge >= 0.3 is 0 Å². The van der Waals surface area contributed by atoms with Gasteiger partial charge in [0, 0.05) is 10.3 Å². The van der Waals surface area contributed by atoms with Gasteiger partial charge in [-0.25, -0.2) is 13.4 Å². The molecule has 0 aliphatic carbocycles. The Balaban J connectivity index is 1.79. The number of thioether (sulfide) groups is 1. The standard InChI is InChI=1S/C12H12ClN3O2S2/c13-9-3-1-8(2-4-9)5-15-16-10-6-20(17,18)7-11(10)19-12(16)14/h1-5,10-11,14H,6-7H2/b14-12?,15-5-/t10-,11-/m0/s1. The maximum Gasteiger partial charge on any atom is 0.177 e. The minimum absolute atomic E-state index is 0.0742. The third kappa shape index (κ3) is 2.70. The van der Waals surface area contributed by atoms with Gasteiger partial charge in [-0.2, -0.15) is 5.10 Å². The lowest BCUT2D eigenvalue weighted by molar-refractivity contribution is 0.376. The second kappa shape index (κ2) is 5.05. The van der Waals surface area contributed by atoms with Gasteiger partial charge in [-0.05, 0) is 17.7 Å². The zero-order valence-electron chi connectivity index (χ0n) is 10.4. The van der Waals surface area contributed by atoms with Gasteiger partial charge in [-0.1, -0.05) is 35.5 Å². The molecule has 0 aromatic heterocycles. The van der Waals surface area contributed by atoms with E-state index in [0.717, 1.165) is 5.56 Å². The molecule has 2 aliphatic heterocycles. The number of nitrogens with zero attached hydrogens (tertiary/aromatic N) is 2. The highest BCUT2D eigenvalue weighted by molar-refractivity contribution is 8.15. The SMILES string of the molecule is N=C1S[C@H]2CS(=O)(=O)C[C@@H]2N1/N=C\c1ccc(Cl)cc1. The average molecular weight is 330 g/mol. The van der Waals surface area contributed by atoms with Crippen LogP contribution in [0.15, 0.2) is 29.4 Å². The van der Waals surface area contributed by atoms with Crippen LogP contribution >= 0.6 is 23.4 Å². The van der Waals surface area contributed by atoms with E-state index in [4.69, 9.17) is 17.0 Å². The molecule has 5 nitrogen and oxygen atoms in total. The molecule has 0 saturated carbocycles. The van der Waals surface area contributed by atoms with E-state index >= 15 is 0 Å². The van der Waals surface area contributed by atoms with E-state index in [0.29, 0.717) is 10.2 Å². The number of hydrogen-bond donors (Lipinski definition) is 1. The van der Waals surface area contributed by atoms with Crippen LogP contribution in [-0.4, -0.2) is 47.6 Å². The monoisotopic (exact) mass is 329 g/mol. The van der Waals surface area contributed by atoms with Crippen LogP contribution in [0.4, 0.5) is 0 Å². The van der Waals surface area contributed by atoms with Gasteiger partial charge < -0.3 is 0 Å². The smallest absolute Gasteiger partial charge is 0.177 e. The Bertz CT molecular complexity index is 672. The topological polar surface area (TPSA) is 73.6 Å². The molecular weight excluding hydrogens is 318 g/mol. The predicted octanol–water partition coefficient (Wildman–Crippen LogP) is 1.82. The van der Waals surface area contributed by atoms with Crippen LogP contribution in [0, 0.1) is 5.41 Å². The van der Waals surface area contributed by atoms with E-state index in [-0.39, 0.29) is 22.8 Å². The van der Waals surface area contributed by atoms with Crippen molar-refractivity contribution in [3.05, 3.63) is 34.9 Å². The largest absolute Gasteiger partial charge is 0.277 e. The van der Waals surface area contributed by atoms with Gasteiger partial charge in [0.25, 0.3) is 0 Å². The molecule has 1 aromatic carbocycles. The molecule has 2 heterocycles. The van der Waals surface area contributed by atoms with E-state index in [2.05, 4.69) is 5.10 Å². The molecule has 2 fully saturated rings. The lowest BCUT2D eigenvalue weighted by Crippen LogP contribution is -2.32. The van der Waals surface area contributed by atoms with E-state index in [9.17, 15) is 8.42 Å². The van der Waals surface area contributed by atoms with Gasteiger partial charge in [-0.15, -0.1) is 0 Å². The van der Waals surface area contributed by atoms with Crippen molar-refractivity contribution in [2.24, 2.45) is 5.10 Å². The van der Waals surface area contributed by atoms with Gasteiger partial charge in [-0.3, -0.25) is 5.41 Å². The van der Waals surface area contributed by atoms with Crippen LogP contribution in [0.1, 0.15) is 5.56 Å². The number of rotatable bonds is 2. The van der Waals surface area contributed by atoms with Crippen molar-refractivity contribution in [1.82, 2.24) is 5.01 Å². The Morgan fingerprint density at radius 1 is 1.35 bits per heavy atom. The second-order valence-electron chi connectivity index (χ2n) is 4.75. The fraction of sp³-hybridized carbons (Fsp3) is 0.333. The Morgan fingerprint density at radius 3 is 2.75 bits per heavy atom. The van der Waals surface area contributed by atoms with Gasteiger partial charge in [0.1, 0.15) is 0 Å². The number of hydrogen-bond acceptors (Lipinski definition) is 5. The number of hydrazone groups is 1. The minimum Gasteiger partial charge on any atom is -0.277 e. The summed E-state index contributed by atoms with van der Waals surface area (Å²) in [6.45, 7) is 0. The summed E-state index contributed by atoms with van der Waals surface area (Å²) in [6, 6.07) is 6.94. The fourth-order valence-corrected chi connectivity index (χ4v) is 6.14. The van der Waals surface area contributed by atoms with Gasteiger partial charge in [0.05, 0.1) is 23.8 Å². The number of fused-ring (bicyclic) bond motifs is 1. The quantitative estimate of drug-likeness (QED) is 0.840. The number of nitrogens with one attached hydrogen (secondary N) is 1. The zero-order chi connectivity index (χ0) is 14.3. The predicted molar refractivity (Wildman–Crippen MR) is 82.4 cm³/mol. The molecule has 3 rings (SSSR count). The van der Waals surface area contributed by atoms with Crippen molar-refractivity contribution < 1.29 is 8.42 Å². The first-order valence-electron chi connectivity index (χ1n) is 5.99. The Kier molecular flexibility index (Phi) is 3.51.